The van der Waals surface area contributed by atoms with E-state index < -0.39 is 0 Å². The molecule has 0 aromatic carbocycles. The van der Waals surface area contributed by atoms with Crippen LogP contribution in [0.3, 0.4) is 0 Å². The lowest BCUT2D eigenvalue weighted by Crippen LogP contribution is -2.08. The molecule has 3 nitrogen and oxygen atoms in total. The van der Waals surface area contributed by atoms with E-state index in [1.165, 1.54) is 17.0 Å². The predicted octanol–water partition coefficient (Wildman–Crippen LogP) is 2.81. The SMILES string of the molecule is Cc1nc(-n2c(C)ccc2C)nc(C)c1C. The van der Waals surface area contributed by atoms with E-state index in [1.807, 2.05) is 13.8 Å². The Morgan fingerprint density at radius 1 is 0.812 bits per heavy atom. The molecule has 2 aromatic rings. The summed E-state index contributed by atoms with van der Waals surface area (Å²) in [6.45, 7) is 10.3. The van der Waals surface area contributed by atoms with Gasteiger partial charge in [0.25, 0.3) is 0 Å². The first-order valence-electron chi connectivity index (χ1n) is 5.48. The zero-order valence-corrected chi connectivity index (χ0v) is 10.5. The second kappa shape index (κ2) is 3.74. The van der Waals surface area contributed by atoms with Gasteiger partial charge in [0.2, 0.25) is 5.95 Å². The Balaban J connectivity index is 2.66. The topological polar surface area (TPSA) is 30.7 Å². The number of nitrogens with zero attached hydrogens (tertiary/aromatic N) is 3. The number of rotatable bonds is 1. The van der Waals surface area contributed by atoms with Crippen LogP contribution in [-0.4, -0.2) is 14.5 Å². The third-order valence-electron chi connectivity index (χ3n) is 3.09. The van der Waals surface area contributed by atoms with Crippen molar-refractivity contribution >= 4 is 0 Å². The average Bonchev–Trinajstić information content (AvgIpc) is 2.54. The van der Waals surface area contributed by atoms with Crippen molar-refractivity contribution < 1.29 is 0 Å². The Hall–Kier alpha value is -1.64. The third-order valence-corrected chi connectivity index (χ3v) is 3.09. The molecule has 0 unspecified atom stereocenters. The Labute approximate surface area is 96.2 Å². The van der Waals surface area contributed by atoms with E-state index in [0.29, 0.717) is 0 Å². The fraction of sp³-hybridized carbons (Fsp3) is 0.385. The highest BCUT2D eigenvalue weighted by atomic mass is 15.2. The van der Waals surface area contributed by atoms with E-state index in [1.54, 1.807) is 0 Å². The van der Waals surface area contributed by atoms with E-state index >= 15 is 0 Å². The largest absolute Gasteiger partial charge is 0.287 e. The van der Waals surface area contributed by atoms with E-state index in [2.05, 4.69) is 47.4 Å². The van der Waals surface area contributed by atoms with Gasteiger partial charge in [-0.3, -0.25) is 4.57 Å². The molecule has 0 aliphatic heterocycles. The molecule has 0 saturated heterocycles. The molecule has 2 aromatic heterocycles. The molecular weight excluding hydrogens is 198 g/mol. The number of hydrogen-bond donors (Lipinski definition) is 0. The Bertz CT molecular complexity index is 496. The number of aryl methyl sites for hydroxylation is 4. The summed E-state index contributed by atoms with van der Waals surface area (Å²) < 4.78 is 2.08. The van der Waals surface area contributed by atoms with Crippen molar-refractivity contribution in [1.29, 1.82) is 0 Å². The van der Waals surface area contributed by atoms with E-state index in [4.69, 9.17) is 0 Å². The lowest BCUT2D eigenvalue weighted by molar-refractivity contribution is 0.842. The Morgan fingerprint density at radius 2 is 1.25 bits per heavy atom. The van der Waals surface area contributed by atoms with Crippen molar-refractivity contribution in [3.8, 4) is 5.95 Å². The monoisotopic (exact) mass is 215 g/mol. The van der Waals surface area contributed by atoms with Crippen LogP contribution < -0.4 is 0 Å². The molecule has 0 amide bonds. The molecule has 0 spiro atoms. The summed E-state index contributed by atoms with van der Waals surface area (Å²) in [4.78, 5) is 9.10. The minimum atomic E-state index is 0.778. The zero-order chi connectivity index (χ0) is 11.9. The van der Waals surface area contributed by atoms with Gasteiger partial charge in [0.05, 0.1) is 0 Å². The van der Waals surface area contributed by atoms with Gasteiger partial charge in [-0.05, 0) is 52.3 Å². The first-order valence-corrected chi connectivity index (χ1v) is 5.48. The zero-order valence-electron chi connectivity index (χ0n) is 10.5. The highest BCUT2D eigenvalue weighted by Crippen LogP contribution is 2.15. The minimum Gasteiger partial charge on any atom is -0.287 e. The van der Waals surface area contributed by atoms with Crippen molar-refractivity contribution in [2.75, 3.05) is 0 Å². The molecule has 0 aliphatic carbocycles. The van der Waals surface area contributed by atoms with Gasteiger partial charge >= 0.3 is 0 Å². The van der Waals surface area contributed by atoms with Gasteiger partial charge in [0.15, 0.2) is 0 Å². The maximum absolute atomic E-state index is 4.55. The van der Waals surface area contributed by atoms with Gasteiger partial charge in [-0.2, -0.15) is 0 Å². The van der Waals surface area contributed by atoms with Crippen LogP contribution in [0.15, 0.2) is 12.1 Å². The van der Waals surface area contributed by atoms with Gasteiger partial charge < -0.3 is 0 Å². The molecule has 16 heavy (non-hydrogen) atoms. The van der Waals surface area contributed by atoms with Crippen LogP contribution in [0.5, 0.6) is 0 Å². The molecule has 0 aliphatic rings. The molecule has 0 saturated carbocycles. The predicted molar refractivity (Wildman–Crippen MR) is 65.0 cm³/mol. The van der Waals surface area contributed by atoms with Gasteiger partial charge in [0, 0.05) is 22.8 Å². The molecule has 0 atom stereocenters. The maximum atomic E-state index is 4.55. The minimum absolute atomic E-state index is 0.778. The molecule has 0 radical (unpaired) electrons. The average molecular weight is 215 g/mol. The maximum Gasteiger partial charge on any atom is 0.234 e. The molecule has 2 heterocycles. The second-order valence-corrected chi connectivity index (χ2v) is 4.27. The fourth-order valence-corrected chi connectivity index (χ4v) is 1.84. The molecule has 2 rings (SSSR count). The van der Waals surface area contributed by atoms with Crippen molar-refractivity contribution in [3.63, 3.8) is 0 Å². The van der Waals surface area contributed by atoms with E-state index in [-0.39, 0.29) is 0 Å². The van der Waals surface area contributed by atoms with Crippen LogP contribution in [0.25, 0.3) is 5.95 Å². The van der Waals surface area contributed by atoms with Crippen molar-refractivity contribution in [3.05, 3.63) is 40.5 Å². The van der Waals surface area contributed by atoms with Crippen LogP contribution in [0, 0.1) is 34.6 Å². The lowest BCUT2D eigenvalue weighted by Gasteiger charge is -2.11. The molecule has 84 valence electrons. The van der Waals surface area contributed by atoms with Gasteiger partial charge in [-0.1, -0.05) is 0 Å². The summed E-state index contributed by atoms with van der Waals surface area (Å²) in [5, 5.41) is 0. The van der Waals surface area contributed by atoms with Gasteiger partial charge in [-0.15, -0.1) is 0 Å². The van der Waals surface area contributed by atoms with Gasteiger partial charge in [-0.25, -0.2) is 9.97 Å². The smallest absolute Gasteiger partial charge is 0.234 e. The molecule has 0 N–H and O–H groups in total. The summed E-state index contributed by atoms with van der Waals surface area (Å²) in [6.07, 6.45) is 0. The fourth-order valence-electron chi connectivity index (χ4n) is 1.84. The first kappa shape index (κ1) is 10.9. The van der Waals surface area contributed by atoms with Crippen LogP contribution in [-0.2, 0) is 0 Å². The summed E-state index contributed by atoms with van der Waals surface area (Å²) in [7, 11) is 0. The highest BCUT2D eigenvalue weighted by molar-refractivity contribution is 5.31. The summed E-state index contributed by atoms with van der Waals surface area (Å²) in [5.74, 6) is 0.778. The molecule has 0 bridgehead atoms. The second-order valence-electron chi connectivity index (χ2n) is 4.27. The summed E-state index contributed by atoms with van der Waals surface area (Å²) in [6, 6.07) is 4.17. The van der Waals surface area contributed by atoms with E-state index in [0.717, 1.165) is 17.3 Å². The summed E-state index contributed by atoms with van der Waals surface area (Å²) in [5.41, 5.74) is 5.61. The van der Waals surface area contributed by atoms with Crippen LogP contribution >= 0.6 is 0 Å². The molecular formula is C13H17N3. The highest BCUT2D eigenvalue weighted by Gasteiger charge is 2.09. The number of hydrogen-bond acceptors (Lipinski definition) is 2. The van der Waals surface area contributed by atoms with Crippen LogP contribution in [0.4, 0.5) is 0 Å². The van der Waals surface area contributed by atoms with Crippen molar-refractivity contribution in [1.82, 2.24) is 14.5 Å². The van der Waals surface area contributed by atoms with Crippen LogP contribution in [0.1, 0.15) is 28.3 Å². The summed E-state index contributed by atoms with van der Waals surface area (Å²) >= 11 is 0. The molecule has 0 fully saturated rings. The lowest BCUT2D eigenvalue weighted by atomic mass is 10.2. The van der Waals surface area contributed by atoms with E-state index in [9.17, 15) is 0 Å². The normalized spacial score (nSPS) is 10.8. The third kappa shape index (κ3) is 1.62. The van der Waals surface area contributed by atoms with Crippen molar-refractivity contribution in [2.45, 2.75) is 34.6 Å². The van der Waals surface area contributed by atoms with Gasteiger partial charge in [0.1, 0.15) is 0 Å². The Morgan fingerprint density at radius 3 is 1.69 bits per heavy atom. The quantitative estimate of drug-likeness (QED) is 0.732. The molecule has 3 heteroatoms. The van der Waals surface area contributed by atoms with Crippen molar-refractivity contribution in [2.24, 2.45) is 0 Å². The number of aromatic nitrogens is 3. The standard InChI is InChI=1S/C13H17N3/c1-8-6-7-9(2)16(8)13-14-11(4)10(3)12(5)15-13/h6-7H,1-5H3. The van der Waals surface area contributed by atoms with Crippen LogP contribution in [0.2, 0.25) is 0 Å². The Kier molecular flexibility index (Phi) is 2.54. The first-order chi connectivity index (χ1) is 7.50.